The van der Waals surface area contributed by atoms with Gasteiger partial charge in [-0.3, -0.25) is 15.4 Å². The van der Waals surface area contributed by atoms with Crippen molar-refractivity contribution in [3.8, 4) is 6.07 Å². The van der Waals surface area contributed by atoms with Crippen molar-refractivity contribution in [2.45, 2.75) is 50.8 Å². The van der Waals surface area contributed by atoms with Crippen LogP contribution in [0.25, 0.3) is 0 Å². The van der Waals surface area contributed by atoms with Gasteiger partial charge < -0.3 is 10.5 Å². The summed E-state index contributed by atoms with van der Waals surface area (Å²) >= 11 is 12.2. The number of nitrogens with two attached hydrogens (primary N) is 1. The Kier molecular flexibility index (Phi) is 8.59. The number of rotatable bonds is 6. The molecule has 214 valence electrons. The maximum atomic E-state index is 15.7. The lowest BCUT2D eigenvalue weighted by atomic mass is 9.63. The van der Waals surface area contributed by atoms with Gasteiger partial charge in [-0.1, -0.05) is 74.3 Å². The zero-order valence-corrected chi connectivity index (χ0v) is 24.0. The van der Waals surface area contributed by atoms with Gasteiger partial charge >= 0.3 is 6.09 Å². The SMILES string of the molecule is CC(C)(C)C[C@@H]1N[C@H](OC(=O)Nc2ccccc2C(N)=O)[C@H](c2cccc(Cl)c2F)[C@@]1(C#N)c1ccc(Cl)cc1F. The van der Waals surface area contributed by atoms with Gasteiger partial charge in [0.25, 0.3) is 5.91 Å². The second kappa shape index (κ2) is 11.6. The van der Waals surface area contributed by atoms with Crippen LogP contribution in [-0.2, 0) is 10.2 Å². The Morgan fingerprint density at radius 1 is 1.12 bits per heavy atom. The maximum Gasteiger partial charge on any atom is 0.413 e. The van der Waals surface area contributed by atoms with Gasteiger partial charge in [0.15, 0.2) is 6.23 Å². The number of hydrogen-bond donors (Lipinski definition) is 3. The lowest BCUT2D eigenvalue weighted by molar-refractivity contribution is 0.0851. The number of carbonyl (C=O) groups excluding carboxylic acids is 2. The number of carbonyl (C=O) groups is 2. The van der Waals surface area contributed by atoms with Gasteiger partial charge in [-0.25, -0.2) is 13.6 Å². The molecule has 1 heterocycles. The molecule has 41 heavy (non-hydrogen) atoms. The first-order valence-corrected chi connectivity index (χ1v) is 13.5. The molecule has 3 aromatic rings. The highest BCUT2D eigenvalue weighted by molar-refractivity contribution is 6.31. The highest BCUT2D eigenvalue weighted by Gasteiger charge is 2.61. The zero-order valence-electron chi connectivity index (χ0n) is 22.5. The molecular weight excluding hydrogens is 573 g/mol. The smallest absolute Gasteiger partial charge is 0.413 e. The summed E-state index contributed by atoms with van der Waals surface area (Å²) in [5.74, 6) is -3.63. The molecule has 1 saturated heterocycles. The van der Waals surface area contributed by atoms with E-state index in [1.54, 1.807) is 12.1 Å². The number of primary amides is 1. The van der Waals surface area contributed by atoms with Crippen LogP contribution < -0.4 is 16.4 Å². The molecule has 0 bridgehead atoms. The van der Waals surface area contributed by atoms with Gasteiger partial charge in [-0.05, 0) is 47.7 Å². The van der Waals surface area contributed by atoms with Gasteiger partial charge in [0.05, 0.1) is 28.3 Å². The molecule has 7 nitrogen and oxygen atoms in total. The molecule has 0 aliphatic carbocycles. The van der Waals surface area contributed by atoms with E-state index in [1.165, 1.54) is 42.5 Å². The predicted octanol–water partition coefficient (Wildman–Crippen LogP) is 6.90. The summed E-state index contributed by atoms with van der Waals surface area (Å²) in [6.45, 7) is 5.81. The monoisotopic (exact) mass is 600 g/mol. The number of benzene rings is 3. The first-order chi connectivity index (χ1) is 19.3. The number of nitrogens with one attached hydrogen (secondary N) is 2. The van der Waals surface area contributed by atoms with Crippen LogP contribution in [0.3, 0.4) is 0 Å². The quantitative estimate of drug-likeness (QED) is 0.284. The zero-order chi connectivity index (χ0) is 30.1. The van der Waals surface area contributed by atoms with Crippen molar-refractivity contribution in [1.29, 1.82) is 5.26 Å². The van der Waals surface area contributed by atoms with E-state index < -0.39 is 52.7 Å². The molecule has 0 unspecified atom stereocenters. The fraction of sp³-hybridized carbons (Fsp3) is 0.300. The van der Waals surface area contributed by atoms with Crippen molar-refractivity contribution < 1.29 is 23.1 Å². The second-order valence-corrected chi connectivity index (χ2v) is 11.9. The summed E-state index contributed by atoms with van der Waals surface area (Å²) < 4.78 is 37.1. The van der Waals surface area contributed by atoms with Crippen LogP contribution in [0, 0.1) is 28.4 Å². The van der Waals surface area contributed by atoms with Crippen molar-refractivity contribution in [3.05, 3.63) is 99.0 Å². The fourth-order valence-electron chi connectivity index (χ4n) is 5.43. The molecular formula is C30H28Cl2F2N4O3. The minimum Gasteiger partial charge on any atom is -0.429 e. The topological polar surface area (TPSA) is 117 Å². The van der Waals surface area contributed by atoms with Crippen molar-refractivity contribution in [2.24, 2.45) is 11.1 Å². The molecule has 4 atom stereocenters. The van der Waals surface area contributed by atoms with Crippen LogP contribution in [0.2, 0.25) is 10.0 Å². The van der Waals surface area contributed by atoms with Crippen molar-refractivity contribution in [3.63, 3.8) is 0 Å². The number of hydrogen-bond acceptors (Lipinski definition) is 5. The molecule has 1 fully saturated rings. The molecule has 4 N–H and O–H groups in total. The Balaban J connectivity index is 1.88. The van der Waals surface area contributed by atoms with E-state index in [2.05, 4.69) is 16.7 Å². The third-order valence-corrected chi connectivity index (χ3v) is 7.59. The minimum absolute atomic E-state index is 0.0406. The number of halogens is 4. The number of anilines is 1. The van der Waals surface area contributed by atoms with E-state index in [0.29, 0.717) is 6.42 Å². The first kappa shape index (κ1) is 30.3. The molecule has 2 amide bonds. The molecule has 0 saturated carbocycles. The summed E-state index contributed by atoms with van der Waals surface area (Å²) in [6, 6.07) is 15.7. The highest BCUT2D eigenvalue weighted by atomic mass is 35.5. The third kappa shape index (κ3) is 6.01. The molecule has 1 aliphatic heterocycles. The van der Waals surface area contributed by atoms with E-state index in [0.717, 1.165) is 6.07 Å². The molecule has 0 spiro atoms. The van der Waals surface area contributed by atoms with Crippen LogP contribution in [0.15, 0.2) is 60.7 Å². The minimum atomic E-state index is -1.77. The maximum absolute atomic E-state index is 15.7. The Morgan fingerprint density at radius 2 is 1.83 bits per heavy atom. The van der Waals surface area contributed by atoms with Gasteiger partial charge in [0.1, 0.15) is 17.0 Å². The van der Waals surface area contributed by atoms with Crippen LogP contribution in [0.1, 0.15) is 54.6 Å². The third-order valence-electron chi connectivity index (χ3n) is 7.07. The van der Waals surface area contributed by atoms with E-state index >= 15 is 8.78 Å². The standard InChI is InChI=1S/C30H28Cl2F2N4O3/c1-29(2,3)14-23-30(15-35,19-12-11-16(31)13-21(19)33)24(18-8-6-9-20(32)25(18)34)27(38-23)41-28(40)37-22-10-5-4-7-17(22)26(36)39/h4-13,23-24,27,38H,14H2,1-3H3,(H2,36,39)(H,37,40)/t23-,24-,27+,30-/m0/s1. The lowest BCUT2D eigenvalue weighted by Crippen LogP contribution is -2.44. The Labute approximate surface area is 246 Å². The van der Waals surface area contributed by atoms with Crippen LogP contribution in [0.5, 0.6) is 0 Å². The number of nitrogens with zero attached hydrogens (tertiary/aromatic N) is 1. The first-order valence-electron chi connectivity index (χ1n) is 12.7. The molecule has 1 aliphatic rings. The van der Waals surface area contributed by atoms with E-state index in [-0.39, 0.29) is 32.4 Å². The average Bonchev–Trinajstić information content (AvgIpc) is 3.17. The molecule has 11 heteroatoms. The van der Waals surface area contributed by atoms with Crippen molar-refractivity contribution >= 4 is 40.9 Å². The number of para-hydroxylation sites is 1. The van der Waals surface area contributed by atoms with Crippen molar-refractivity contribution in [2.75, 3.05) is 5.32 Å². The Hall–Kier alpha value is -3.71. The summed E-state index contributed by atoms with van der Waals surface area (Å²) in [5, 5.41) is 16.4. The van der Waals surface area contributed by atoms with E-state index in [9.17, 15) is 14.9 Å². The average molecular weight is 601 g/mol. The summed E-state index contributed by atoms with van der Waals surface area (Å²) in [4.78, 5) is 25.0. The molecule has 3 aromatic carbocycles. The molecule has 4 rings (SSSR count). The second-order valence-electron chi connectivity index (χ2n) is 11.1. The van der Waals surface area contributed by atoms with Gasteiger partial charge in [0, 0.05) is 16.6 Å². The number of nitriles is 1. The fourth-order valence-corrected chi connectivity index (χ4v) is 5.78. The Morgan fingerprint density at radius 3 is 2.46 bits per heavy atom. The lowest BCUT2D eigenvalue weighted by Gasteiger charge is -2.37. The largest absolute Gasteiger partial charge is 0.429 e. The summed E-state index contributed by atoms with van der Waals surface area (Å²) in [7, 11) is 0. The number of ether oxygens (including phenoxy) is 1. The van der Waals surface area contributed by atoms with Crippen molar-refractivity contribution in [1.82, 2.24) is 5.32 Å². The highest BCUT2D eigenvalue weighted by Crippen LogP contribution is 2.53. The number of amides is 2. The molecule has 0 radical (unpaired) electrons. The van der Waals surface area contributed by atoms with Gasteiger partial charge in [-0.15, -0.1) is 0 Å². The van der Waals surface area contributed by atoms with Crippen LogP contribution in [-0.4, -0.2) is 24.3 Å². The summed E-state index contributed by atoms with van der Waals surface area (Å²) in [6.07, 6.45) is -2.03. The molecule has 0 aromatic heterocycles. The Bertz CT molecular complexity index is 1540. The normalized spacial score (nSPS) is 22.1. The summed E-state index contributed by atoms with van der Waals surface area (Å²) in [5.41, 5.74) is 3.30. The van der Waals surface area contributed by atoms with Crippen LogP contribution in [0.4, 0.5) is 19.3 Å². The van der Waals surface area contributed by atoms with E-state index in [1.807, 2.05) is 20.8 Å². The van der Waals surface area contributed by atoms with E-state index in [4.69, 9.17) is 33.7 Å². The van der Waals surface area contributed by atoms with Crippen LogP contribution >= 0.6 is 23.2 Å². The van der Waals surface area contributed by atoms with Gasteiger partial charge in [-0.2, -0.15) is 5.26 Å². The predicted molar refractivity (Wildman–Crippen MR) is 153 cm³/mol. The van der Waals surface area contributed by atoms with Gasteiger partial charge in [0.2, 0.25) is 0 Å².